The molecule has 0 aromatic rings. The van der Waals surface area contributed by atoms with Crippen LogP contribution in [0.4, 0.5) is 0 Å². The van der Waals surface area contributed by atoms with Crippen molar-refractivity contribution in [2.75, 3.05) is 53.9 Å². The van der Waals surface area contributed by atoms with Crippen LogP contribution in [0.1, 0.15) is 6.92 Å². The number of nitrogens with zero attached hydrogens (tertiary/aromatic N) is 1. The Balaban J connectivity index is 3.89. The summed E-state index contributed by atoms with van der Waals surface area (Å²) in [7, 11) is 3.17. The summed E-state index contributed by atoms with van der Waals surface area (Å²) in [6, 6.07) is 0. The predicted octanol–water partition coefficient (Wildman–Crippen LogP) is 0.588. The normalized spacial score (nSPS) is 12.0. The predicted molar refractivity (Wildman–Crippen MR) is 53.6 cm³/mol. The summed E-state index contributed by atoms with van der Waals surface area (Å²) < 4.78 is 14.5. The van der Waals surface area contributed by atoms with Gasteiger partial charge in [-0.3, -0.25) is 0 Å². The van der Waals surface area contributed by atoms with Gasteiger partial charge in [-0.15, -0.1) is 0 Å². The molecule has 0 aliphatic rings. The van der Waals surface area contributed by atoms with Crippen molar-refractivity contribution < 1.29 is 18.9 Å². The topological polar surface area (TPSA) is 50.8 Å². The van der Waals surface area contributed by atoms with E-state index < -0.39 is 4.65 Å². The Hall–Kier alpha value is -0.200. The van der Waals surface area contributed by atoms with Gasteiger partial charge < -0.3 is 24.1 Å². The Morgan fingerprint density at radius 3 is 1.93 bits per heavy atom. The molecule has 0 bridgehead atoms. The molecule has 0 saturated carbocycles. The Bertz CT molecular complexity index is 110. The molecule has 0 amide bonds. The molecule has 0 unspecified atom stereocenters. The minimum Gasteiger partial charge on any atom is -0.631 e. The molecule has 0 aliphatic carbocycles. The van der Waals surface area contributed by atoms with Crippen molar-refractivity contribution in [2.45, 2.75) is 6.92 Å². The van der Waals surface area contributed by atoms with E-state index in [4.69, 9.17) is 14.2 Å². The van der Waals surface area contributed by atoms with Crippen molar-refractivity contribution in [1.82, 2.24) is 0 Å². The fourth-order valence-corrected chi connectivity index (χ4v) is 1.01. The molecule has 0 rings (SSSR count). The molecular weight excluding hydrogens is 186 g/mol. The van der Waals surface area contributed by atoms with Crippen LogP contribution in [-0.4, -0.2) is 58.5 Å². The molecule has 0 heterocycles. The van der Waals surface area contributed by atoms with E-state index in [2.05, 4.69) is 0 Å². The van der Waals surface area contributed by atoms with Crippen LogP contribution < -0.4 is 0 Å². The van der Waals surface area contributed by atoms with Gasteiger partial charge in [0.15, 0.2) is 6.73 Å². The van der Waals surface area contributed by atoms with Gasteiger partial charge in [0, 0.05) is 20.8 Å². The molecule has 0 atom stereocenters. The van der Waals surface area contributed by atoms with Crippen LogP contribution in [0.3, 0.4) is 0 Å². The molecule has 14 heavy (non-hydrogen) atoms. The third kappa shape index (κ3) is 6.28. The van der Waals surface area contributed by atoms with Gasteiger partial charge in [0.05, 0.1) is 13.2 Å². The molecule has 5 nitrogen and oxygen atoms in total. The minimum absolute atomic E-state index is 0.170. The largest absolute Gasteiger partial charge is 0.631 e. The van der Waals surface area contributed by atoms with Gasteiger partial charge >= 0.3 is 0 Å². The van der Waals surface area contributed by atoms with E-state index >= 15 is 0 Å². The van der Waals surface area contributed by atoms with Crippen LogP contribution in [0.5, 0.6) is 0 Å². The van der Waals surface area contributed by atoms with Gasteiger partial charge in [0.2, 0.25) is 0 Å². The zero-order valence-electron chi connectivity index (χ0n) is 9.32. The van der Waals surface area contributed by atoms with E-state index in [-0.39, 0.29) is 6.73 Å². The van der Waals surface area contributed by atoms with Crippen LogP contribution in [0.25, 0.3) is 0 Å². The quantitative estimate of drug-likeness (QED) is 0.315. The maximum absolute atomic E-state index is 12.0. The lowest BCUT2D eigenvalue weighted by Crippen LogP contribution is -2.48. The first-order valence-electron chi connectivity index (χ1n) is 4.81. The molecule has 0 spiro atoms. The molecule has 0 saturated heterocycles. The first-order valence-corrected chi connectivity index (χ1v) is 4.81. The molecule has 0 radical (unpaired) electrons. The highest BCUT2D eigenvalue weighted by atomic mass is 16.6. The number of quaternary nitrogens is 1. The lowest BCUT2D eigenvalue weighted by Gasteiger charge is -2.41. The highest BCUT2D eigenvalue weighted by molar-refractivity contribution is 4.40. The second kappa shape index (κ2) is 8.14. The monoisotopic (exact) mass is 207 g/mol. The van der Waals surface area contributed by atoms with Crippen molar-refractivity contribution in [3.63, 3.8) is 0 Å². The van der Waals surface area contributed by atoms with Crippen molar-refractivity contribution in [2.24, 2.45) is 0 Å². The fourth-order valence-electron chi connectivity index (χ4n) is 1.01. The fraction of sp³-hybridized carbons (Fsp3) is 1.00. The van der Waals surface area contributed by atoms with Gasteiger partial charge in [-0.25, -0.2) is 0 Å². The third-order valence-corrected chi connectivity index (χ3v) is 1.94. The summed E-state index contributed by atoms with van der Waals surface area (Å²) >= 11 is 0. The number of hydrogen-bond donors (Lipinski definition) is 0. The van der Waals surface area contributed by atoms with E-state index in [1.807, 2.05) is 6.92 Å². The summed E-state index contributed by atoms with van der Waals surface area (Å²) in [6.07, 6.45) is 0. The summed E-state index contributed by atoms with van der Waals surface area (Å²) in [6.45, 7) is 4.29. The maximum atomic E-state index is 12.0. The van der Waals surface area contributed by atoms with Crippen LogP contribution >= 0.6 is 0 Å². The average Bonchev–Trinajstić information content (AvgIpc) is 2.21. The number of hydroxylamine groups is 3. The lowest BCUT2D eigenvalue weighted by molar-refractivity contribution is -0.900. The Morgan fingerprint density at radius 1 is 1.07 bits per heavy atom. The molecule has 86 valence electrons. The van der Waals surface area contributed by atoms with Crippen molar-refractivity contribution in [1.29, 1.82) is 0 Å². The van der Waals surface area contributed by atoms with Gasteiger partial charge in [-0.05, 0) is 6.92 Å². The molecule has 0 aliphatic heterocycles. The highest BCUT2D eigenvalue weighted by Gasteiger charge is 2.15. The molecule has 5 heteroatoms. The van der Waals surface area contributed by atoms with Crippen LogP contribution in [0.2, 0.25) is 0 Å². The lowest BCUT2D eigenvalue weighted by atomic mass is 10.5. The van der Waals surface area contributed by atoms with Crippen molar-refractivity contribution >= 4 is 0 Å². The number of hydrogen-bond acceptors (Lipinski definition) is 4. The molecule has 0 aromatic heterocycles. The van der Waals surface area contributed by atoms with Gasteiger partial charge in [-0.2, -0.15) is 0 Å². The van der Waals surface area contributed by atoms with Crippen LogP contribution in [0, 0.1) is 5.21 Å². The molecule has 0 fully saturated rings. The molecular formula is C9H21NO4. The smallest absolute Gasteiger partial charge is 0.183 e. The van der Waals surface area contributed by atoms with E-state index in [1.54, 1.807) is 14.2 Å². The standard InChI is InChI=1S/C9H21NO4/c1-4-14-9-10(11,5-7-12-2)6-8-13-3/h4-9H2,1-3H3. The summed E-state index contributed by atoms with van der Waals surface area (Å²) in [4.78, 5) is 0. The maximum Gasteiger partial charge on any atom is 0.183 e. The van der Waals surface area contributed by atoms with Gasteiger partial charge in [-0.1, -0.05) is 0 Å². The highest BCUT2D eigenvalue weighted by Crippen LogP contribution is 2.04. The number of ether oxygens (including phenoxy) is 3. The summed E-state index contributed by atoms with van der Waals surface area (Å²) in [5, 5.41) is 12.0. The van der Waals surface area contributed by atoms with Crippen molar-refractivity contribution in [3.05, 3.63) is 5.21 Å². The zero-order chi connectivity index (χ0) is 10.9. The summed E-state index contributed by atoms with van der Waals surface area (Å²) in [5.74, 6) is 0. The first-order chi connectivity index (χ1) is 6.68. The summed E-state index contributed by atoms with van der Waals surface area (Å²) in [5.41, 5.74) is 0. The van der Waals surface area contributed by atoms with E-state index in [9.17, 15) is 5.21 Å². The van der Waals surface area contributed by atoms with Crippen LogP contribution in [-0.2, 0) is 14.2 Å². The Labute approximate surface area is 85.7 Å². The van der Waals surface area contributed by atoms with E-state index in [0.29, 0.717) is 32.9 Å². The zero-order valence-corrected chi connectivity index (χ0v) is 9.32. The second-order valence-corrected chi connectivity index (χ2v) is 3.11. The SMILES string of the molecule is CCOC[N+]([O-])(CCOC)CCOC. The number of methoxy groups -OCH3 is 2. The number of rotatable bonds is 9. The van der Waals surface area contributed by atoms with E-state index in [1.165, 1.54) is 0 Å². The minimum atomic E-state index is -0.407. The van der Waals surface area contributed by atoms with Gasteiger partial charge in [0.25, 0.3) is 0 Å². The van der Waals surface area contributed by atoms with Crippen molar-refractivity contribution in [3.8, 4) is 0 Å². The second-order valence-electron chi connectivity index (χ2n) is 3.11. The average molecular weight is 207 g/mol. The molecule has 0 N–H and O–H groups in total. The molecule has 0 aromatic carbocycles. The third-order valence-electron chi connectivity index (χ3n) is 1.94. The van der Waals surface area contributed by atoms with E-state index in [0.717, 1.165) is 0 Å². The van der Waals surface area contributed by atoms with Gasteiger partial charge in [0.1, 0.15) is 13.1 Å². The van der Waals surface area contributed by atoms with Crippen LogP contribution in [0.15, 0.2) is 0 Å². The Kier molecular flexibility index (Phi) is 8.02. The first kappa shape index (κ1) is 13.8. The Morgan fingerprint density at radius 2 is 1.57 bits per heavy atom.